The van der Waals surface area contributed by atoms with Gasteiger partial charge in [0.25, 0.3) is 0 Å². The monoisotopic (exact) mass is 491 g/mol. The van der Waals surface area contributed by atoms with Crippen molar-refractivity contribution in [2.45, 2.75) is 18.5 Å². The second kappa shape index (κ2) is 11.0. The molecule has 1 N–H and O–H groups in total. The number of carbonyl (C=O) groups excluding carboxylic acids is 1. The van der Waals surface area contributed by atoms with E-state index in [-0.39, 0.29) is 11.7 Å². The van der Waals surface area contributed by atoms with Crippen LogP contribution in [0.5, 0.6) is 0 Å². The summed E-state index contributed by atoms with van der Waals surface area (Å²) in [7, 11) is 0. The maximum Gasteiger partial charge on any atom is 0.234 e. The molecule has 0 aliphatic carbocycles. The van der Waals surface area contributed by atoms with E-state index in [1.54, 1.807) is 12.4 Å². The molecule has 0 saturated heterocycles. The van der Waals surface area contributed by atoms with Crippen molar-refractivity contribution in [2.24, 2.45) is 0 Å². The van der Waals surface area contributed by atoms with Gasteiger partial charge in [0.1, 0.15) is 0 Å². The molecule has 0 spiro atoms. The Labute approximate surface area is 214 Å². The number of benzene rings is 3. The normalized spacial score (nSPS) is 10.8. The highest BCUT2D eigenvalue weighted by Gasteiger charge is 2.18. The standard InChI is InChI=1S/C29H25N5OS/c1-21-11-13-25(14-12-21)34-28(23-15-17-30-18-16-23)32-33-29(34)36-20-27(35)31-26-10-6-5-9-24(26)19-22-7-3-2-4-8-22/h2-18H,19-20H2,1H3,(H,31,35). The zero-order valence-electron chi connectivity index (χ0n) is 19.8. The molecule has 2 aromatic heterocycles. The number of nitrogens with one attached hydrogen (secondary N) is 1. The number of thioether (sulfide) groups is 1. The summed E-state index contributed by atoms with van der Waals surface area (Å²) in [4.78, 5) is 17.1. The first kappa shape index (κ1) is 23.5. The molecule has 0 bridgehead atoms. The van der Waals surface area contributed by atoms with Gasteiger partial charge in [-0.3, -0.25) is 14.3 Å². The van der Waals surface area contributed by atoms with Crippen LogP contribution in [0.25, 0.3) is 17.1 Å². The highest BCUT2D eigenvalue weighted by Crippen LogP contribution is 2.28. The molecular formula is C29H25N5OS. The van der Waals surface area contributed by atoms with Crippen LogP contribution in [0, 0.1) is 6.92 Å². The molecule has 7 heteroatoms. The minimum atomic E-state index is -0.0931. The molecule has 0 aliphatic heterocycles. The number of aryl methyl sites for hydroxylation is 1. The average Bonchev–Trinajstić information content (AvgIpc) is 3.34. The SMILES string of the molecule is Cc1ccc(-n2c(SCC(=O)Nc3ccccc3Cc3ccccc3)nnc2-c2ccncc2)cc1. The first-order chi connectivity index (χ1) is 17.7. The van der Waals surface area contributed by atoms with Crippen molar-refractivity contribution in [2.75, 3.05) is 11.1 Å². The van der Waals surface area contributed by atoms with Crippen LogP contribution in [0.2, 0.25) is 0 Å². The smallest absolute Gasteiger partial charge is 0.234 e. The van der Waals surface area contributed by atoms with Crippen molar-refractivity contribution < 1.29 is 4.79 Å². The zero-order chi connectivity index (χ0) is 24.7. The lowest BCUT2D eigenvalue weighted by atomic mass is 10.0. The highest BCUT2D eigenvalue weighted by molar-refractivity contribution is 7.99. The number of amides is 1. The molecule has 0 saturated carbocycles. The van der Waals surface area contributed by atoms with Gasteiger partial charge in [0.05, 0.1) is 5.75 Å². The lowest BCUT2D eigenvalue weighted by molar-refractivity contribution is -0.113. The maximum atomic E-state index is 13.0. The van der Waals surface area contributed by atoms with Crippen LogP contribution < -0.4 is 5.32 Å². The van der Waals surface area contributed by atoms with Gasteiger partial charge < -0.3 is 5.32 Å². The molecule has 0 atom stereocenters. The topological polar surface area (TPSA) is 72.7 Å². The van der Waals surface area contributed by atoms with Gasteiger partial charge in [-0.05, 0) is 54.8 Å². The van der Waals surface area contributed by atoms with Gasteiger partial charge in [0.15, 0.2) is 11.0 Å². The fourth-order valence-electron chi connectivity index (χ4n) is 3.91. The Bertz CT molecular complexity index is 1450. The first-order valence-electron chi connectivity index (χ1n) is 11.6. The third-order valence-electron chi connectivity index (χ3n) is 5.73. The van der Waals surface area contributed by atoms with Crippen LogP contribution in [-0.4, -0.2) is 31.4 Å². The number of aromatic nitrogens is 4. The predicted octanol–water partition coefficient (Wildman–Crippen LogP) is 5.96. The minimum Gasteiger partial charge on any atom is -0.325 e. The number of nitrogens with zero attached hydrogens (tertiary/aromatic N) is 4. The fraction of sp³-hybridized carbons (Fsp3) is 0.103. The first-order valence-corrected chi connectivity index (χ1v) is 12.6. The summed E-state index contributed by atoms with van der Waals surface area (Å²) < 4.78 is 1.98. The van der Waals surface area contributed by atoms with Crippen molar-refractivity contribution >= 4 is 23.4 Å². The Balaban J connectivity index is 1.35. The average molecular weight is 492 g/mol. The number of rotatable bonds is 8. The Morgan fingerprint density at radius 3 is 2.36 bits per heavy atom. The van der Waals surface area contributed by atoms with Crippen LogP contribution in [0.3, 0.4) is 0 Å². The van der Waals surface area contributed by atoms with Gasteiger partial charge in [-0.25, -0.2) is 0 Å². The number of carbonyl (C=O) groups is 1. The summed E-state index contributed by atoms with van der Waals surface area (Å²) in [6, 6.07) is 30.1. The lowest BCUT2D eigenvalue weighted by Crippen LogP contribution is -2.16. The quantitative estimate of drug-likeness (QED) is 0.271. The van der Waals surface area contributed by atoms with Crippen LogP contribution in [0.1, 0.15) is 16.7 Å². The summed E-state index contributed by atoms with van der Waals surface area (Å²) in [6.45, 7) is 2.05. The second-order valence-corrected chi connectivity index (χ2v) is 9.31. The molecule has 1 amide bonds. The molecule has 6 nitrogen and oxygen atoms in total. The number of anilines is 1. The molecule has 2 heterocycles. The second-order valence-electron chi connectivity index (χ2n) is 8.37. The van der Waals surface area contributed by atoms with E-state index in [4.69, 9.17) is 0 Å². The molecule has 0 radical (unpaired) electrons. The molecule has 5 rings (SSSR count). The molecular weight excluding hydrogens is 466 g/mol. The van der Waals surface area contributed by atoms with Crippen molar-refractivity contribution in [3.8, 4) is 17.1 Å². The predicted molar refractivity (Wildman–Crippen MR) is 144 cm³/mol. The van der Waals surface area contributed by atoms with E-state index in [0.29, 0.717) is 11.0 Å². The van der Waals surface area contributed by atoms with E-state index in [1.807, 2.05) is 71.3 Å². The van der Waals surface area contributed by atoms with Crippen molar-refractivity contribution in [1.82, 2.24) is 19.7 Å². The van der Waals surface area contributed by atoms with E-state index in [1.165, 1.54) is 22.9 Å². The van der Waals surface area contributed by atoms with Crippen LogP contribution >= 0.6 is 11.8 Å². The highest BCUT2D eigenvalue weighted by atomic mass is 32.2. The molecule has 0 aliphatic rings. The van der Waals surface area contributed by atoms with Gasteiger partial charge in [-0.1, -0.05) is 78.0 Å². The summed E-state index contributed by atoms with van der Waals surface area (Å²) in [5.41, 5.74) is 6.11. The molecule has 0 fully saturated rings. The summed E-state index contributed by atoms with van der Waals surface area (Å²) in [6.07, 6.45) is 4.22. The third-order valence-corrected chi connectivity index (χ3v) is 6.65. The Kier molecular flexibility index (Phi) is 7.19. The summed E-state index contributed by atoms with van der Waals surface area (Å²) >= 11 is 1.36. The Hall–Kier alpha value is -4.23. The van der Waals surface area contributed by atoms with Crippen molar-refractivity contribution in [3.05, 3.63) is 120 Å². The minimum absolute atomic E-state index is 0.0931. The lowest BCUT2D eigenvalue weighted by Gasteiger charge is -2.12. The molecule has 3 aromatic carbocycles. The van der Waals surface area contributed by atoms with Gasteiger partial charge in [0, 0.05) is 29.3 Å². The van der Waals surface area contributed by atoms with E-state index in [2.05, 4.69) is 51.7 Å². The van der Waals surface area contributed by atoms with Gasteiger partial charge >= 0.3 is 0 Å². The van der Waals surface area contributed by atoms with Gasteiger partial charge in [-0.2, -0.15) is 0 Å². The van der Waals surface area contributed by atoms with E-state index >= 15 is 0 Å². The fourth-order valence-corrected chi connectivity index (χ4v) is 4.66. The summed E-state index contributed by atoms with van der Waals surface area (Å²) in [5.74, 6) is 0.821. The number of para-hydroxylation sites is 1. The van der Waals surface area contributed by atoms with E-state index in [0.717, 1.165) is 28.9 Å². The Morgan fingerprint density at radius 1 is 0.861 bits per heavy atom. The third kappa shape index (κ3) is 5.53. The Morgan fingerprint density at radius 2 is 1.58 bits per heavy atom. The maximum absolute atomic E-state index is 13.0. The van der Waals surface area contributed by atoms with E-state index in [9.17, 15) is 4.79 Å². The van der Waals surface area contributed by atoms with Crippen LogP contribution in [0.4, 0.5) is 5.69 Å². The zero-order valence-corrected chi connectivity index (χ0v) is 20.7. The van der Waals surface area contributed by atoms with Crippen LogP contribution in [-0.2, 0) is 11.2 Å². The van der Waals surface area contributed by atoms with Crippen LogP contribution in [0.15, 0.2) is 109 Å². The van der Waals surface area contributed by atoms with Crippen molar-refractivity contribution in [3.63, 3.8) is 0 Å². The van der Waals surface area contributed by atoms with E-state index < -0.39 is 0 Å². The van der Waals surface area contributed by atoms with Crippen molar-refractivity contribution in [1.29, 1.82) is 0 Å². The largest absolute Gasteiger partial charge is 0.325 e. The summed E-state index contributed by atoms with van der Waals surface area (Å²) in [5, 5.41) is 12.6. The molecule has 178 valence electrons. The molecule has 5 aromatic rings. The van der Waals surface area contributed by atoms with Gasteiger partial charge in [0.2, 0.25) is 5.91 Å². The number of hydrogen-bond donors (Lipinski definition) is 1. The number of pyridine rings is 1. The van der Waals surface area contributed by atoms with Gasteiger partial charge in [-0.15, -0.1) is 10.2 Å². The molecule has 0 unspecified atom stereocenters. The number of hydrogen-bond acceptors (Lipinski definition) is 5. The molecule has 36 heavy (non-hydrogen) atoms.